The number of benzene rings is 2. The van der Waals surface area contributed by atoms with Crippen molar-refractivity contribution in [2.24, 2.45) is 0 Å². The van der Waals surface area contributed by atoms with Gasteiger partial charge in [-0.25, -0.2) is 4.98 Å². The summed E-state index contributed by atoms with van der Waals surface area (Å²) in [6.07, 6.45) is 3.41. The van der Waals surface area contributed by atoms with Gasteiger partial charge in [0.05, 0.1) is 6.10 Å². The average Bonchev–Trinajstić information content (AvgIpc) is 2.91. The molecule has 0 aliphatic rings. The van der Waals surface area contributed by atoms with Crippen LogP contribution in [0.15, 0.2) is 53.3 Å². The smallest absolute Gasteiger partial charge is 0.108 e. The molecule has 0 saturated heterocycles. The fraction of sp³-hybridized carbons (Fsp3) is 0.133. The van der Waals surface area contributed by atoms with E-state index in [2.05, 4.69) is 32.0 Å². The Kier molecular flexibility index (Phi) is 3.36. The monoisotopic (exact) mass is 316 g/mol. The van der Waals surface area contributed by atoms with Crippen molar-refractivity contribution in [2.45, 2.75) is 12.5 Å². The van der Waals surface area contributed by atoms with Crippen LogP contribution in [0.3, 0.4) is 0 Å². The van der Waals surface area contributed by atoms with Gasteiger partial charge in [0.1, 0.15) is 5.82 Å². The summed E-state index contributed by atoms with van der Waals surface area (Å²) in [5.74, 6) is 0.795. The van der Waals surface area contributed by atoms with E-state index in [9.17, 15) is 5.11 Å². The number of hydrogen-bond acceptors (Lipinski definition) is 2. The summed E-state index contributed by atoms with van der Waals surface area (Å²) < 4.78 is 1.06. The number of rotatable bonds is 3. The Morgan fingerprint density at radius 1 is 1.16 bits per heavy atom. The number of aliphatic hydroxyl groups excluding tert-OH is 1. The minimum Gasteiger partial charge on any atom is -0.388 e. The van der Waals surface area contributed by atoms with Gasteiger partial charge in [-0.15, -0.1) is 0 Å². The number of hydrogen-bond donors (Lipinski definition) is 2. The van der Waals surface area contributed by atoms with Gasteiger partial charge in [-0.2, -0.15) is 0 Å². The molecule has 0 saturated carbocycles. The molecule has 3 aromatic rings. The van der Waals surface area contributed by atoms with Crippen LogP contribution in [0, 0.1) is 0 Å². The van der Waals surface area contributed by atoms with Crippen molar-refractivity contribution in [3.05, 3.63) is 64.7 Å². The first-order valence-electron chi connectivity index (χ1n) is 6.08. The summed E-state index contributed by atoms with van der Waals surface area (Å²) in [5, 5.41) is 12.5. The number of imidazole rings is 1. The number of fused-ring (bicyclic) bond motifs is 1. The highest BCUT2D eigenvalue weighted by molar-refractivity contribution is 9.10. The third-order valence-corrected chi connectivity index (χ3v) is 3.65. The van der Waals surface area contributed by atoms with Crippen LogP contribution in [0.5, 0.6) is 0 Å². The van der Waals surface area contributed by atoms with Crippen LogP contribution in [-0.2, 0) is 6.42 Å². The molecule has 2 N–H and O–H groups in total. The first-order chi connectivity index (χ1) is 9.22. The normalized spacial score (nSPS) is 12.7. The zero-order valence-corrected chi connectivity index (χ0v) is 11.8. The molecule has 0 radical (unpaired) electrons. The predicted molar refractivity (Wildman–Crippen MR) is 78.9 cm³/mol. The first-order valence-corrected chi connectivity index (χ1v) is 6.87. The van der Waals surface area contributed by atoms with Crippen molar-refractivity contribution < 1.29 is 5.11 Å². The Labute approximate surface area is 119 Å². The second-order valence-electron chi connectivity index (χ2n) is 4.51. The van der Waals surface area contributed by atoms with Gasteiger partial charge in [-0.05, 0) is 34.5 Å². The van der Waals surface area contributed by atoms with Gasteiger partial charge in [-0.3, -0.25) is 0 Å². The van der Waals surface area contributed by atoms with Crippen LogP contribution in [0.4, 0.5) is 0 Å². The van der Waals surface area contributed by atoms with Gasteiger partial charge in [0.15, 0.2) is 0 Å². The van der Waals surface area contributed by atoms with E-state index in [0.29, 0.717) is 6.42 Å². The molecule has 1 aromatic heterocycles. The molecule has 0 spiro atoms. The number of nitrogens with one attached hydrogen (secondary N) is 1. The van der Waals surface area contributed by atoms with E-state index in [1.807, 2.05) is 30.3 Å². The van der Waals surface area contributed by atoms with Gasteiger partial charge in [-0.1, -0.05) is 34.1 Å². The molecular weight excluding hydrogens is 304 g/mol. The second-order valence-corrected chi connectivity index (χ2v) is 5.42. The van der Waals surface area contributed by atoms with Crippen molar-refractivity contribution in [1.82, 2.24) is 9.97 Å². The Bertz CT molecular complexity index is 694. The maximum absolute atomic E-state index is 10.2. The Balaban J connectivity index is 1.90. The van der Waals surface area contributed by atoms with E-state index < -0.39 is 6.10 Å². The highest BCUT2D eigenvalue weighted by atomic mass is 79.9. The summed E-state index contributed by atoms with van der Waals surface area (Å²) in [6.45, 7) is 0. The Morgan fingerprint density at radius 2 is 1.95 bits per heavy atom. The topological polar surface area (TPSA) is 48.9 Å². The van der Waals surface area contributed by atoms with Crippen LogP contribution in [0.1, 0.15) is 17.5 Å². The summed E-state index contributed by atoms with van der Waals surface area (Å²) in [5.41, 5.74) is 0.909. The Hall–Kier alpha value is -1.65. The summed E-state index contributed by atoms with van der Waals surface area (Å²) >= 11 is 3.46. The van der Waals surface area contributed by atoms with Gasteiger partial charge in [0, 0.05) is 23.3 Å². The number of aliphatic hydroxyl groups is 1. The molecule has 0 bridgehead atoms. The molecule has 2 aromatic carbocycles. The number of halogens is 1. The minimum atomic E-state index is -0.542. The number of aromatic amines is 1. The largest absolute Gasteiger partial charge is 0.388 e. The van der Waals surface area contributed by atoms with Crippen molar-refractivity contribution in [2.75, 3.05) is 0 Å². The quantitative estimate of drug-likeness (QED) is 0.775. The van der Waals surface area contributed by atoms with Crippen LogP contribution in [0.25, 0.3) is 10.8 Å². The lowest BCUT2D eigenvalue weighted by Gasteiger charge is -2.10. The molecule has 3 nitrogen and oxygen atoms in total. The van der Waals surface area contributed by atoms with Crippen LogP contribution in [0.2, 0.25) is 0 Å². The third kappa shape index (κ3) is 2.69. The maximum atomic E-state index is 10.2. The molecule has 0 aliphatic carbocycles. The lowest BCUT2D eigenvalue weighted by atomic mass is 10.0. The number of aromatic nitrogens is 2. The molecule has 1 unspecified atom stereocenters. The molecule has 1 heterocycles. The molecule has 96 valence electrons. The van der Waals surface area contributed by atoms with Gasteiger partial charge < -0.3 is 10.1 Å². The van der Waals surface area contributed by atoms with Gasteiger partial charge in [0.2, 0.25) is 0 Å². The zero-order valence-electron chi connectivity index (χ0n) is 10.2. The molecule has 0 fully saturated rings. The fourth-order valence-corrected chi connectivity index (χ4v) is 2.53. The predicted octanol–water partition coefficient (Wildman–Crippen LogP) is 3.60. The third-order valence-electron chi connectivity index (χ3n) is 3.15. The maximum Gasteiger partial charge on any atom is 0.108 e. The molecule has 4 heteroatoms. The Morgan fingerprint density at radius 3 is 2.74 bits per heavy atom. The van der Waals surface area contributed by atoms with E-state index >= 15 is 0 Å². The summed E-state index contributed by atoms with van der Waals surface area (Å²) in [7, 11) is 0. The molecular formula is C15H13BrN2O. The van der Waals surface area contributed by atoms with Crippen LogP contribution in [-0.4, -0.2) is 15.1 Å². The second kappa shape index (κ2) is 5.15. The van der Waals surface area contributed by atoms with Crippen LogP contribution < -0.4 is 0 Å². The average molecular weight is 317 g/mol. The van der Waals surface area contributed by atoms with E-state index in [0.717, 1.165) is 26.6 Å². The lowest BCUT2D eigenvalue weighted by Crippen LogP contribution is -2.03. The fourth-order valence-electron chi connectivity index (χ4n) is 2.15. The van der Waals surface area contributed by atoms with E-state index in [4.69, 9.17) is 0 Å². The van der Waals surface area contributed by atoms with Crippen molar-refractivity contribution in [1.29, 1.82) is 0 Å². The van der Waals surface area contributed by atoms with E-state index in [1.54, 1.807) is 12.4 Å². The van der Waals surface area contributed by atoms with Crippen LogP contribution >= 0.6 is 15.9 Å². The molecule has 3 rings (SSSR count). The van der Waals surface area contributed by atoms with Gasteiger partial charge in [0.25, 0.3) is 0 Å². The van der Waals surface area contributed by atoms with Crippen molar-refractivity contribution >= 4 is 26.7 Å². The standard InChI is InChI=1S/C15H13BrN2O/c16-13-4-3-10-7-12(2-1-11(10)8-13)14(19)9-15-17-5-6-18-15/h1-8,14,19H,9H2,(H,17,18). The molecule has 1 atom stereocenters. The highest BCUT2D eigenvalue weighted by Gasteiger charge is 2.10. The zero-order chi connectivity index (χ0) is 13.2. The summed E-state index contributed by atoms with van der Waals surface area (Å²) in [4.78, 5) is 7.14. The lowest BCUT2D eigenvalue weighted by molar-refractivity contribution is 0.176. The summed E-state index contributed by atoms with van der Waals surface area (Å²) in [6, 6.07) is 12.1. The molecule has 0 amide bonds. The molecule has 0 aliphatic heterocycles. The molecule has 19 heavy (non-hydrogen) atoms. The SMILES string of the molecule is OC(Cc1ncc[nH]1)c1ccc2cc(Br)ccc2c1. The first kappa shape index (κ1) is 12.4. The number of nitrogens with zero attached hydrogens (tertiary/aromatic N) is 1. The van der Waals surface area contributed by atoms with Crippen molar-refractivity contribution in [3.63, 3.8) is 0 Å². The van der Waals surface area contributed by atoms with E-state index in [-0.39, 0.29) is 0 Å². The van der Waals surface area contributed by atoms with Crippen molar-refractivity contribution in [3.8, 4) is 0 Å². The highest BCUT2D eigenvalue weighted by Crippen LogP contribution is 2.24. The minimum absolute atomic E-state index is 0.495. The number of H-pyrrole nitrogens is 1. The van der Waals surface area contributed by atoms with E-state index in [1.165, 1.54) is 0 Å². The van der Waals surface area contributed by atoms with Gasteiger partial charge >= 0.3 is 0 Å².